The van der Waals surface area contributed by atoms with Crippen LogP contribution in [0.2, 0.25) is 5.02 Å². The Hall–Kier alpha value is -3.20. The molecule has 1 aromatic carbocycles. The Morgan fingerprint density at radius 2 is 2.15 bits per heavy atom. The van der Waals surface area contributed by atoms with Crippen LogP contribution in [0.4, 0.5) is 11.5 Å². The smallest absolute Gasteiger partial charge is 0.358 e. The summed E-state index contributed by atoms with van der Waals surface area (Å²) in [6.45, 7) is 2.45. The highest BCUT2D eigenvalue weighted by Crippen LogP contribution is 2.17. The summed E-state index contributed by atoms with van der Waals surface area (Å²) in [6, 6.07) is 8.85. The molecule has 1 amide bonds. The maximum absolute atomic E-state index is 12.1. The van der Waals surface area contributed by atoms with Gasteiger partial charge in [0.25, 0.3) is 0 Å². The molecule has 0 aliphatic carbocycles. The average molecular weight is 389 g/mol. The molecule has 140 valence electrons. The number of benzene rings is 1. The van der Waals surface area contributed by atoms with E-state index in [2.05, 4.69) is 15.5 Å². The van der Waals surface area contributed by atoms with Crippen LogP contribution in [0.25, 0.3) is 0 Å². The highest BCUT2D eigenvalue weighted by Gasteiger charge is 2.16. The van der Waals surface area contributed by atoms with Gasteiger partial charge >= 0.3 is 5.82 Å². The minimum Gasteiger partial charge on any atom is -0.358 e. The molecule has 1 N–H and O–H groups in total. The molecule has 0 radical (unpaired) electrons. The summed E-state index contributed by atoms with van der Waals surface area (Å²) in [5.74, 6) is -0.460. The fourth-order valence-electron chi connectivity index (χ4n) is 2.56. The van der Waals surface area contributed by atoms with Gasteiger partial charge in [-0.25, -0.2) is 0 Å². The van der Waals surface area contributed by atoms with Crippen molar-refractivity contribution in [3.63, 3.8) is 0 Å². The van der Waals surface area contributed by atoms with Crippen molar-refractivity contribution in [2.75, 3.05) is 5.32 Å². The summed E-state index contributed by atoms with van der Waals surface area (Å²) < 4.78 is 3.12. The number of hydrogen-bond donors (Lipinski definition) is 1. The van der Waals surface area contributed by atoms with E-state index in [1.807, 2.05) is 24.3 Å². The van der Waals surface area contributed by atoms with Crippen molar-refractivity contribution < 1.29 is 9.72 Å². The van der Waals surface area contributed by atoms with Gasteiger partial charge in [0.15, 0.2) is 0 Å². The number of aryl methyl sites for hydroxylation is 2. The van der Waals surface area contributed by atoms with Crippen molar-refractivity contribution in [3.8, 4) is 0 Å². The lowest BCUT2D eigenvalue weighted by Gasteiger charge is -2.04. The quantitative estimate of drug-likeness (QED) is 0.494. The van der Waals surface area contributed by atoms with Crippen LogP contribution in [-0.2, 0) is 17.9 Å². The maximum atomic E-state index is 12.1. The summed E-state index contributed by atoms with van der Waals surface area (Å²) >= 11 is 6.14. The second-order valence-corrected chi connectivity index (χ2v) is 6.35. The molecule has 2 aromatic heterocycles. The lowest BCUT2D eigenvalue weighted by molar-refractivity contribution is -0.389. The summed E-state index contributed by atoms with van der Waals surface area (Å²) in [5, 5.41) is 22.2. The van der Waals surface area contributed by atoms with Gasteiger partial charge in [-0.05, 0) is 23.5 Å². The number of nitro groups is 1. The number of nitrogens with zero attached hydrogens (tertiary/aromatic N) is 5. The minimum absolute atomic E-state index is 0.134. The first-order valence-corrected chi connectivity index (χ1v) is 8.55. The van der Waals surface area contributed by atoms with Gasteiger partial charge in [0.2, 0.25) is 5.91 Å². The van der Waals surface area contributed by atoms with Gasteiger partial charge in [-0.15, -0.1) is 0 Å². The van der Waals surface area contributed by atoms with Crippen molar-refractivity contribution in [1.29, 1.82) is 0 Å². The number of carbonyl (C=O) groups is 1. The van der Waals surface area contributed by atoms with Crippen molar-refractivity contribution in [2.24, 2.45) is 0 Å². The predicted octanol–water partition coefficient (Wildman–Crippen LogP) is 3.03. The molecule has 3 rings (SSSR count). The molecular weight excluding hydrogens is 372 g/mol. The Balaban J connectivity index is 1.55. The Morgan fingerprint density at radius 1 is 1.37 bits per heavy atom. The standard InChI is InChI=1S/C17H17ClN6O3/c1-12-8-16(24(26)27)21-23(12)7-6-17(25)20-14-9-19-22(11-14)10-13-4-2-3-5-15(13)18/h2-5,8-9,11H,6-7,10H2,1H3,(H,20,25). The number of carbonyl (C=O) groups excluding carboxylic acids is 1. The average Bonchev–Trinajstić information content (AvgIpc) is 3.21. The van der Waals surface area contributed by atoms with E-state index in [0.29, 0.717) is 22.9 Å². The number of rotatable bonds is 7. The molecule has 0 bridgehead atoms. The molecule has 0 aliphatic rings. The van der Waals surface area contributed by atoms with E-state index in [9.17, 15) is 14.9 Å². The lowest BCUT2D eigenvalue weighted by Crippen LogP contribution is -2.15. The third kappa shape index (κ3) is 4.70. The highest BCUT2D eigenvalue weighted by molar-refractivity contribution is 6.31. The van der Waals surface area contributed by atoms with Gasteiger partial charge in [0.1, 0.15) is 0 Å². The summed E-state index contributed by atoms with van der Waals surface area (Å²) in [7, 11) is 0. The summed E-state index contributed by atoms with van der Waals surface area (Å²) in [5.41, 5.74) is 2.12. The van der Waals surface area contributed by atoms with Crippen molar-refractivity contribution in [1.82, 2.24) is 19.6 Å². The van der Waals surface area contributed by atoms with Gasteiger partial charge < -0.3 is 15.4 Å². The molecule has 0 aliphatic heterocycles. The molecule has 27 heavy (non-hydrogen) atoms. The number of nitrogens with one attached hydrogen (secondary N) is 1. The second kappa shape index (κ2) is 8.00. The van der Waals surface area contributed by atoms with E-state index < -0.39 is 4.92 Å². The molecule has 10 heteroatoms. The molecule has 0 atom stereocenters. The van der Waals surface area contributed by atoms with Crippen molar-refractivity contribution >= 4 is 29.0 Å². The first kappa shape index (κ1) is 18.6. The first-order valence-electron chi connectivity index (χ1n) is 8.17. The minimum atomic E-state index is -0.559. The van der Waals surface area contributed by atoms with Gasteiger partial charge in [-0.1, -0.05) is 29.8 Å². The Morgan fingerprint density at radius 3 is 2.85 bits per heavy atom. The van der Waals surface area contributed by atoms with Crippen molar-refractivity contribution in [2.45, 2.75) is 26.4 Å². The van der Waals surface area contributed by atoms with E-state index >= 15 is 0 Å². The number of halogens is 1. The van der Waals surface area contributed by atoms with Gasteiger partial charge in [0, 0.05) is 17.6 Å². The normalized spacial score (nSPS) is 10.7. The van der Waals surface area contributed by atoms with Gasteiger partial charge in [-0.2, -0.15) is 9.78 Å². The van der Waals surface area contributed by atoms with Crippen LogP contribution in [0.1, 0.15) is 17.7 Å². The lowest BCUT2D eigenvalue weighted by atomic mass is 10.2. The molecule has 0 unspecified atom stereocenters. The predicted molar refractivity (Wildman–Crippen MR) is 99.6 cm³/mol. The number of amides is 1. The molecule has 2 heterocycles. The van der Waals surface area contributed by atoms with E-state index in [-0.39, 0.29) is 24.7 Å². The van der Waals surface area contributed by atoms with Crippen molar-refractivity contribution in [3.05, 3.63) is 69.1 Å². The van der Waals surface area contributed by atoms with Crippen LogP contribution >= 0.6 is 11.6 Å². The zero-order valence-corrected chi connectivity index (χ0v) is 15.3. The molecule has 3 aromatic rings. The van der Waals surface area contributed by atoms with E-state index in [4.69, 9.17) is 11.6 Å². The van der Waals surface area contributed by atoms with Crippen LogP contribution in [0.15, 0.2) is 42.7 Å². The highest BCUT2D eigenvalue weighted by atomic mass is 35.5. The number of anilines is 1. The van der Waals surface area contributed by atoms with Gasteiger partial charge in [-0.3, -0.25) is 9.48 Å². The van der Waals surface area contributed by atoms with Crippen LogP contribution in [0.3, 0.4) is 0 Å². The van der Waals surface area contributed by atoms with Crippen LogP contribution in [0, 0.1) is 17.0 Å². The van der Waals surface area contributed by atoms with E-state index in [1.165, 1.54) is 10.7 Å². The van der Waals surface area contributed by atoms with E-state index in [1.54, 1.807) is 24.0 Å². The topological polar surface area (TPSA) is 108 Å². The van der Waals surface area contributed by atoms with Crippen LogP contribution in [-0.4, -0.2) is 30.4 Å². The molecule has 0 saturated carbocycles. The third-order valence-corrected chi connectivity index (χ3v) is 4.28. The second-order valence-electron chi connectivity index (χ2n) is 5.94. The number of aromatic nitrogens is 4. The molecule has 0 spiro atoms. The third-order valence-electron chi connectivity index (χ3n) is 3.91. The fourth-order valence-corrected chi connectivity index (χ4v) is 2.75. The number of hydrogen-bond acceptors (Lipinski definition) is 5. The molecule has 0 saturated heterocycles. The first-order chi connectivity index (χ1) is 12.9. The zero-order chi connectivity index (χ0) is 19.4. The SMILES string of the molecule is Cc1cc([N+](=O)[O-])nn1CCC(=O)Nc1cnn(Cc2ccccc2Cl)c1. The van der Waals surface area contributed by atoms with Crippen LogP contribution < -0.4 is 5.32 Å². The largest absolute Gasteiger partial charge is 0.390 e. The molecular formula is C17H17ClN6O3. The Labute approximate surface area is 159 Å². The zero-order valence-electron chi connectivity index (χ0n) is 14.5. The maximum Gasteiger partial charge on any atom is 0.390 e. The fraction of sp³-hybridized carbons (Fsp3) is 0.235. The Bertz CT molecular complexity index is 981. The van der Waals surface area contributed by atoms with Crippen LogP contribution in [0.5, 0.6) is 0 Å². The van der Waals surface area contributed by atoms with Gasteiger partial charge in [0.05, 0.1) is 41.8 Å². The summed E-state index contributed by atoms with van der Waals surface area (Å²) in [6.07, 6.45) is 3.40. The molecule has 0 fully saturated rings. The summed E-state index contributed by atoms with van der Waals surface area (Å²) in [4.78, 5) is 22.3. The molecule has 9 nitrogen and oxygen atoms in total. The van der Waals surface area contributed by atoms with E-state index in [0.717, 1.165) is 5.56 Å². The monoisotopic (exact) mass is 388 g/mol. The Kier molecular flexibility index (Phi) is 5.51.